The maximum absolute atomic E-state index is 11.4. The van der Waals surface area contributed by atoms with Gasteiger partial charge in [0, 0.05) is 16.2 Å². The molecule has 0 fully saturated rings. The van der Waals surface area contributed by atoms with Gasteiger partial charge in [-0.1, -0.05) is 33.3 Å². The smallest absolute Gasteiger partial charge is 0.339 e. The number of aromatic nitrogens is 4. The Labute approximate surface area is 141 Å². The summed E-state index contributed by atoms with van der Waals surface area (Å²) in [5.74, 6) is -0.401. The number of esters is 1. The topological polar surface area (TPSA) is 69.9 Å². The third-order valence-electron chi connectivity index (χ3n) is 3.23. The summed E-state index contributed by atoms with van der Waals surface area (Å²) in [6.07, 6.45) is 3.35. The molecule has 0 radical (unpaired) electrons. The Morgan fingerprint density at radius 3 is 2.87 bits per heavy atom. The van der Waals surface area contributed by atoms with E-state index in [1.54, 1.807) is 16.8 Å². The van der Waals surface area contributed by atoms with Crippen molar-refractivity contribution in [1.29, 1.82) is 0 Å². The van der Waals surface area contributed by atoms with Crippen LogP contribution in [-0.2, 0) is 11.3 Å². The fourth-order valence-electron chi connectivity index (χ4n) is 2.08. The number of carbonyl (C=O) groups excluding carboxylic acids is 1. The van der Waals surface area contributed by atoms with Crippen molar-refractivity contribution in [2.45, 2.75) is 6.54 Å². The molecule has 0 aliphatic heterocycles. The van der Waals surface area contributed by atoms with Gasteiger partial charge in [0.1, 0.15) is 5.69 Å². The summed E-state index contributed by atoms with van der Waals surface area (Å²) in [6, 6.07) is 11.3. The van der Waals surface area contributed by atoms with E-state index in [1.165, 1.54) is 13.3 Å². The van der Waals surface area contributed by atoms with Gasteiger partial charge in [-0.3, -0.25) is 4.98 Å². The largest absolute Gasteiger partial charge is 0.465 e. The molecule has 7 heteroatoms. The number of rotatable bonds is 4. The molecular formula is C16H13BrN4O2. The van der Waals surface area contributed by atoms with Crippen LogP contribution in [0.1, 0.15) is 16.1 Å². The van der Waals surface area contributed by atoms with Gasteiger partial charge in [-0.05, 0) is 24.3 Å². The van der Waals surface area contributed by atoms with Crippen LogP contribution in [0, 0.1) is 0 Å². The maximum Gasteiger partial charge on any atom is 0.339 e. The highest BCUT2D eigenvalue weighted by Crippen LogP contribution is 2.20. The van der Waals surface area contributed by atoms with Gasteiger partial charge in [0.2, 0.25) is 0 Å². The lowest BCUT2D eigenvalue weighted by Crippen LogP contribution is -2.05. The van der Waals surface area contributed by atoms with Crippen molar-refractivity contribution in [2.24, 2.45) is 0 Å². The number of ether oxygens (including phenoxy) is 1. The summed E-state index contributed by atoms with van der Waals surface area (Å²) in [5.41, 5.74) is 2.98. The van der Waals surface area contributed by atoms with Crippen molar-refractivity contribution >= 4 is 21.9 Å². The number of pyridine rings is 1. The molecule has 0 amide bonds. The minimum atomic E-state index is -0.401. The van der Waals surface area contributed by atoms with Crippen molar-refractivity contribution in [3.05, 3.63) is 64.5 Å². The summed E-state index contributed by atoms with van der Waals surface area (Å²) in [5, 5.41) is 8.28. The highest BCUT2D eigenvalue weighted by Gasteiger charge is 2.08. The summed E-state index contributed by atoms with van der Waals surface area (Å²) in [7, 11) is 1.34. The first-order valence-electron chi connectivity index (χ1n) is 6.85. The first kappa shape index (κ1) is 15.4. The van der Waals surface area contributed by atoms with Crippen LogP contribution in [0.3, 0.4) is 0 Å². The molecule has 0 bridgehead atoms. The van der Waals surface area contributed by atoms with Gasteiger partial charge < -0.3 is 4.74 Å². The van der Waals surface area contributed by atoms with Crippen molar-refractivity contribution in [2.75, 3.05) is 7.11 Å². The van der Waals surface area contributed by atoms with Crippen LogP contribution in [0.15, 0.2) is 53.3 Å². The van der Waals surface area contributed by atoms with Gasteiger partial charge in [-0.2, -0.15) is 0 Å². The van der Waals surface area contributed by atoms with E-state index in [2.05, 4.69) is 36.0 Å². The van der Waals surface area contributed by atoms with Crippen LogP contribution in [0.25, 0.3) is 11.3 Å². The first-order chi connectivity index (χ1) is 11.2. The fraction of sp³-hybridized carbons (Fsp3) is 0.125. The normalized spacial score (nSPS) is 10.5. The van der Waals surface area contributed by atoms with E-state index in [0.717, 1.165) is 21.4 Å². The highest BCUT2D eigenvalue weighted by molar-refractivity contribution is 9.10. The Morgan fingerprint density at radius 1 is 1.30 bits per heavy atom. The molecule has 2 heterocycles. The Kier molecular flexibility index (Phi) is 4.47. The molecule has 0 atom stereocenters. The molecule has 0 unspecified atom stereocenters. The van der Waals surface area contributed by atoms with Crippen LogP contribution in [0.2, 0.25) is 0 Å². The fourth-order valence-corrected chi connectivity index (χ4v) is 2.48. The number of methoxy groups -OCH3 is 1. The standard InChI is InChI=1S/C16H13BrN4O2/c1-23-16(22)12-5-6-14(18-8-12)9-21-10-15(19-20-21)11-3-2-4-13(17)7-11/h2-8,10H,9H2,1H3. The monoisotopic (exact) mass is 372 g/mol. The second-order valence-electron chi connectivity index (χ2n) is 4.84. The van der Waals surface area contributed by atoms with Gasteiger partial charge in [0.15, 0.2) is 0 Å². The summed E-state index contributed by atoms with van der Waals surface area (Å²) >= 11 is 3.44. The number of carbonyl (C=O) groups is 1. The number of nitrogens with zero attached hydrogens (tertiary/aromatic N) is 4. The van der Waals surface area contributed by atoms with Crippen LogP contribution in [0.5, 0.6) is 0 Å². The van der Waals surface area contributed by atoms with Gasteiger partial charge in [0.05, 0.1) is 31.1 Å². The van der Waals surface area contributed by atoms with Crippen LogP contribution in [-0.4, -0.2) is 33.1 Å². The van der Waals surface area contributed by atoms with Crippen molar-refractivity contribution in [1.82, 2.24) is 20.0 Å². The molecule has 3 rings (SSSR count). The lowest BCUT2D eigenvalue weighted by molar-refractivity contribution is 0.0600. The molecule has 0 saturated heterocycles. The SMILES string of the molecule is COC(=O)c1ccc(Cn2cc(-c3cccc(Br)c3)nn2)nc1. The van der Waals surface area contributed by atoms with Gasteiger partial charge in [0.25, 0.3) is 0 Å². The average Bonchev–Trinajstić information content (AvgIpc) is 3.03. The van der Waals surface area contributed by atoms with Crippen LogP contribution in [0.4, 0.5) is 0 Å². The predicted octanol–water partition coefficient (Wildman–Crippen LogP) is 2.94. The van der Waals surface area contributed by atoms with E-state index < -0.39 is 5.97 Å². The summed E-state index contributed by atoms with van der Waals surface area (Å²) in [4.78, 5) is 15.6. The van der Waals surface area contributed by atoms with E-state index in [1.807, 2.05) is 30.5 Å². The van der Waals surface area contributed by atoms with Crippen LogP contribution >= 0.6 is 15.9 Å². The molecule has 0 saturated carbocycles. The van der Waals surface area contributed by atoms with E-state index in [-0.39, 0.29) is 0 Å². The van der Waals surface area contributed by atoms with E-state index in [4.69, 9.17) is 0 Å². The quantitative estimate of drug-likeness (QED) is 0.658. The zero-order valence-corrected chi connectivity index (χ0v) is 13.9. The molecule has 3 aromatic rings. The molecule has 2 aromatic heterocycles. The first-order valence-corrected chi connectivity index (χ1v) is 7.64. The summed E-state index contributed by atoms with van der Waals surface area (Å²) in [6.45, 7) is 0.475. The molecule has 23 heavy (non-hydrogen) atoms. The number of halogens is 1. The highest BCUT2D eigenvalue weighted by atomic mass is 79.9. The van der Waals surface area contributed by atoms with E-state index in [9.17, 15) is 4.79 Å². The van der Waals surface area contributed by atoms with Gasteiger partial charge >= 0.3 is 5.97 Å². The third kappa shape index (κ3) is 3.62. The van der Waals surface area contributed by atoms with Crippen LogP contribution < -0.4 is 0 Å². The zero-order chi connectivity index (χ0) is 16.2. The zero-order valence-electron chi connectivity index (χ0n) is 12.3. The molecular weight excluding hydrogens is 360 g/mol. The van der Waals surface area contributed by atoms with E-state index in [0.29, 0.717) is 12.1 Å². The average molecular weight is 373 g/mol. The Morgan fingerprint density at radius 2 is 2.17 bits per heavy atom. The van der Waals surface area contributed by atoms with Gasteiger partial charge in [-0.15, -0.1) is 5.10 Å². The number of benzene rings is 1. The molecule has 6 nitrogen and oxygen atoms in total. The lowest BCUT2D eigenvalue weighted by atomic mass is 10.2. The Bertz CT molecular complexity index is 830. The van der Waals surface area contributed by atoms with Crippen molar-refractivity contribution < 1.29 is 9.53 Å². The predicted molar refractivity (Wildman–Crippen MR) is 87.8 cm³/mol. The summed E-state index contributed by atoms with van der Waals surface area (Å²) < 4.78 is 7.34. The number of hydrogen-bond donors (Lipinski definition) is 0. The minimum absolute atomic E-state index is 0.401. The minimum Gasteiger partial charge on any atom is -0.465 e. The maximum atomic E-state index is 11.4. The van der Waals surface area contributed by atoms with Gasteiger partial charge in [-0.25, -0.2) is 9.48 Å². The Balaban J connectivity index is 1.75. The lowest BCUT2D eigenvalue weighted by Gasteiger charge is -2.02. The van der Waals surface area contributed by atoms with E-state index >= 15 is 0 Å². The third-order valence-corrected chi connectivity index (χ3v) is 3.72. The molecule has 0 N–H and O–H groups in total. The molecule has 0 spiro atoms. The second-order valence-corrected chi connectivity index (χ2v) is 5.76. The molecule has 116 valence electrons. The van der Waals surface area contributed by atoms with Crippen molar-refractivity contribution in [3.8, 4) is 11.3 Å². The Hall–Kier alpha value is -2.54. The molecule has 0 aliphatic rings. The number of hydrogen-bond acceptors (Lipinski definition) is 5. The van der Waals surface area contributed by atoms with Crippen molar-refractivity contribution in [3.63, 3.8) is 0 Å². The molecule has 0 aliphatic carbocycles. The second kappa shape index (κ2) is 6.70. The molecule has 1 aromatic carbocycles.